The Labute approximate surface area is 153 Å². The molecule has 0 unspecified atom stereocenters. The number of halogens is 1. The molecule has 0 spiro atoms. The van der Waals surface area contributed by atoms with Gasteiger partial charge < -0.3 is 0 Å². The second-order valence-electron chi connectivity index (χ2n) is 6.28. The zero-order valence-electron chi connectivity index (χ0n) is 15.1. The van der Waals surface area contributed by atoms with E-state index in [1.165, 1.54) is 19.1 Å². The van der Waals surface area contributed by atoms with E-state index in [2.05, 4.69) is 9.44 Å². The van der Waals surface area contributed by atoms with E-state index in [0.29, 0.717) is 16.7 Å². The van der Waals surface area contributed by atoms with Crippen LogP contribution in [-0.4, -0.2) is 23.1 Å². The molecule has 6 nitrogen and oxygen atoms in total. The predicted molar refractivity (Wildman–Crippen MR) is 101 cm³/mol. The maximum atomic E-state index is 13.5. The Bertz CT molecular complexity index is 1080. The monoisotopic (exact) mass is 400 g/mol. The van der Waals surface area contributed by atoms with Gasteiger partial charge >= 0.3 is 0 Å². The van der Waals surface area contributed by atoms with Crippen molar-refractivity contribution < 1.29 is 21.2 Å². The molecule has 2 aromatic rings. The van der Waals surface area contributed by atoms with Crippen LogP contribution in [0.4, 0.5) is 15.8 Å². The van der Waals surface area contributed by atoms with Crippen molar-refractivity contribution in [3.8, 4) is 0 Å². The van der Waals surface area contributed by atoms with Crippen LogP contribution in [-0.2, 0) is 20.0 Å². The first-order valence-electron chi connectivity index (χ1n) is 7.69. The van der Waals surface area contributed by atoms with E-state index >= 15 is 0 Å². The van der Waals surface area contributed by atoms with Crippen molar-refractivity contribution in [3.05, 3.63) is 52.3 Å². The molecule has 0 bridgehead atoms. The summed E-state index contributed by atoms with van der Waals surface area (Å²) in [5, 5.41) is 0. The zero-order valence-corrected chi connectivity index (χ0v) is 16.8. The average Bonchev–Trinajstić information content (AvgIpc) is 2.45. The van der Waals surface area contributed by atoms with Gasteiger partial charge in [0.1, 0.15) is 5.82 Å². The van der Waals surface area contributed by atoms with Crippen LogP contribution in [0.2, 0.25) is 0 Å². The van der Waals surface area contributed by atoms with E-state index in [0.717, 1.165) is 12.3 Å². The summed E-state index contributed by atoms with van der Waals surface area (Å²) in [6.45, 7) is 6.49. The molecule has 26 heavy (non-hydrogen) atoms. The summed E-state index contributed by atoms with van der Waals surface area (Å²) >= 11 is 0. The van der Waals surface area contributed by atoms with Gasteiger partial charge in [-0.3, -0.25) is 9.44 Å². The van der Waals surface area contributed by atoms with Gasteiger partial charge in [0.05, 0.1) is 22.5 Å². The number of anilines is 2. The van der Waals surface area contributed by atoms with Crippen LogP contribution in [0.25, 0.3) is 0 Å². The summed E-state index contributed by atoms with van der Waals surface area (Å²) in [6, 6.07) is 5.40. The van der Waals surface area contributed by atoms with Crippen molar-refractivity contribution in [1.29, 1.82) is 0 Å². The van der Waals surface area contributed by atoms with E-state index in [1.54, 1.807) is 26.8 Å². The van der Waals surface area contributed by atoms with E-state index in [9.17, 15) is 21.2 Å². The molecule has 0 aliphatic rings. The van der Waals surface area contributed by atoms with Gasteiger partial charge in [-0.05, 0) is 62.1 Å². The minimum absolute atomic E-state index is 0.0436. The van der Waals surface area contributed by atoms with E-state index in [1.807, 2.05) is 0 Å². The molecule has 0 saturated heterocycles. The maximum absolute atomic E-state index is 13.5. The summed E-state index contributed by atoms with van der Waals surface area (Å²) in [4.78, 5) is -0.0436. The summed E-state index contributed by atoms with van der Waals surface area (Å²) in [6.07, 6.45) is 0.994. The van der Waals surface area contributed by atoms with Gasteiger partial charge in [-0.15, -0.1) is 0 Å². The quantitative estimate of drug-likeness (QED) is 0.806. The van der Waals surface area contributed by atoms with Gasteiger partial charge in [0.15, 0.2) is 0 Å². The largest absolute Gasteiger partial charge is 0.283 e. The lowest BCUT2D eigenvalue weighted by molar-refractivity contribution is 0.598. The Hall–Kier alpha value is -2.13. The van der Waals surface area contributed by atoms with Crippen molar-refractivity contribution in [2.24, 2.45) is 0 Å². The fourth-order valence-corrected chi connectivity index (χ4v) is 5.11. The highest BCUT2D eigenvalue weighted by atomic mass is 32.2. The van der Waals surface area contributed by atoms with Gasteiger partial charge in [-0.25, -0.2) is 21.2 Å². The first-order valence-corrected chi connectivity index (χ1v) is 11.1. The predicted octanol–water partition coefficient (Wildman–Crippen LogP) is 3.23. The molecule has 0 saturated carbocycles. The fourth-order valence-electron chi connectivity index (χ4n) is 2.82. The van der Waals surface area contributed by atoms with E-state index in [4.69, 9.17) is 0 Å². The SMILES string of the molecule is Cc1ccc(F)cc1NS(=O)(=O)c1c(C)cc(C)c(NS(C)(=O)=O)c1C. The zero-order chi connectivity index (χ0) is 19.9. The van der Waals surface area contributed by atoms with E-state index in [-0.39, 0.29) is 21.8 Å². The number of nitrogens with one attached hydrogen (secondary N) is 2. The third-order valence-electron chi connectivity index (χ3n) is 3.90. The Kier molecular flexibility index (Phi) is 5.34. The molecule has 0 aliphatic carbocycles. The summed E-state index contributed by atoms with van der Waals surface area (Å²) in [5.41, 5.74) is 2.24. The summed E-state index contributed by atoms with van der Waals surface area (Å²) in [5.74, 6) is -0.565. The van der Waals surface area contributed by atoms with Gasteiger partial charge in [-0.1, -0.05) is 12.1 Å². The maximum Gasteiger partial charge on any atom is 0.262 e. The van der Waals surface area contributed by atoms with Gasteiger partial charge in [0.2, 0.25) is 10.0 Å². The van der Waals surface area contributed by atoms with Crippen LogP contribution in [0.1, 0.15) is 22.3 Å². The lowest BCUT2D eigenvalue weighted by Crippen LogP contribution is -2.19. The molecule has 2 aromatic carbocycles. The van der Waals surface area contributed by atoms with Crippen LogP contribution >= 0.6 is 0 Å². The van der Waals surface area contributed by atoms with Crippen molar-refractivity contribution in [2.75, 3.05) is 15.7 Å². The highest BCUT2D eigenvalue weighted by Crippen LogP contribution is 2.32. The second-order valence-corrected chi connectivity index (χ2v) is 9.65. The number of hydrogen-bond donors (Lipinski definition) is 2. The summed E-state index contributed by atoms with van der Waals surface area (Å²) in [7, 11) is -7.64. The van der Waals surface area contributed by atoms with Crippen LogP contribution < -0.4 is 9.44 Å². The fraction of sp³-hybridized carbons (Fsp3) is 0.294. The highest BCUT2D eigenvalue weighted by molar-refractivity contribution is 7.93. The topological polar surface area (TPSA) is 92.3 Å². The minimum Gasteiger partial charge on any atom is -0.283 e. The molecular formula is C17H21FN2O4S2. The van der Waals surface area contributed by atoms with Gasteiger partial charge in [-0.2, -0.15) is 0 Å². The molecule has 0 fully saturated rings. The first-order chi connectivity index (χ1) is 11.8. The molecule has 0 aromatic heterocycles. The molecule has 142 valence electrons. The Morgan fingerprint density at radius 3 is 2.04 bits per heavy atom. The van der Waals surface area contributed by atoms with Crippen molar-refractivity contribution in [2.45, 2.75) is 32.6 Å². The number of sulfonamides is 2. The summed E-state index contributed by atoms with van der Waals surface area (Å²) < 4.78 is 67.3. The Morgan fingerprint density at radius 1 is 0.846 bits per heavy atom. The average molecular weight is 400 g/mol. The molecule has 2 rings (SSSR count). The van der Waals surface area contributed by atoms with Crippen LogP contribution in [0, 0.1) is 33.5 Å². The normalized spacial score (nSPS) is 12.1. The lowest BCUT2D eigenvalue weighted by atomic mass is 10.1. The Balaban J connectivity index is 2.62. The molecular weight excluding hydrogens is 379 g/mol. The standard InChI is InChI=1S/C17H21FN2O4S2/c1-10-6-7-14(18)9-15(10)19-26(23,24)17-12(3)8-11(2)16(13(17)4)20-25(5,21)22/h6-9,19-20H,1-5H3. The van der Waals surface area contributed by atoms with Crippen molar-refractivity contribution in [1.82, 2.24) is 0 Å². The number of aryl methyl sites for hydroxylation is 3. The molecule has 0 aliphatic heterocycles. The second kappa shape index (κ2) is 6.88. The van der Waals surface area contributed by atoms with Crippen LogP contribution in [0.5, 0.6) is 0 Å². The molecule has 0 atom stereocenters. The molecule has 9 heteroatoms. The number of hydrogen-bond acceptors (Lipinski definition) is 4. The van der Waals surface area contributed by atoms with Crippen molar-refractivity contribution in [3.63, 3.8) is 0 Å². The smallest absolute Gasteiger partial charge is 0.262 e. The van der Waals surface area contributed by atoms with Gasteiger partial charge in [0, 0.05) is 0 Å². The number of benzene rings is 2. The Morgan fingerprint density at radius 2 is 1.46 bits per heavy atom. The van der Waals surface area contributed by atoms with Crippen LogP contribution in [0.15, 0.2) is 29.2 Å². The van der Waals surface area contributed by atoms with Gasteiger partial charge in [0.25, 0.3) is 10.0 Å². The molecule has 0 amide bonds. The minimum atomic E-state index is -4.06. The van der Waals surface area contributed by atoms with Crippen molar-refractivity contribution >= 4 is 31.4 Å². The third kappa shape index (κ3) is 4.34. The van der Waals surface area contributed by atoms with E-state index < -0.39 is 25.9 Å². The number of rotatable bonds is 5. The third-order valence-corrected chi connectivity index (χ3v) is 6.13. The molecule has 2 N–H and O–H groups in total. The highest BCUT2D eigenvalue weighted by Gasteiger charge is 2.24. The lowest BCUT2D eigenvalue weighted by Gasteiger charge is -2.19. The van der Waals surface area contributed by atoms with Crippen LogP contribution in [0.3, 0.4) is 0 Å². The molecule has 0 heterocycles. The first kappa shape index (κ1) is 20.2. The molecule has 0 radical (unpaired) electrons.